The molecular formula is C7H5ClF3N. The topological polar surface area (TPSA) is 12.9 Å². The summed E-state index contributed by atoms with van der Waals surface area (Å²) in [5, 5.41) is -0.217. The highest BCUT2D eigenvalue weighted by Crippen LogP contribution is 2.22. The van der Waals surface area contributed by atoms with Crippen LogP contribution in [0.5, 0.6) is 0 Å². The van der Waals surface area contributed by atoms with Crippen LogP contribution in [0, 0.1) is 12.7 Å². The Bertz CT molecular complexity index is 278. The Morgan fingerprint density at radius 1 is 1.50 bits per heavy atom. The van der Waals surface area contributed by atoms with Crippen molar-refractivity contribution in [2.75, 3.05) is 0 Å². The summed E-state index contributed by atoms with van der Waals surface area (Å²) in [5.74, 6) is -0.759. The van der Waals surface area contributed by atoms with Crippen LogP contribution in [-0.2, 0) is 0 Å². The molecule has 1 nitrogen and oxygen atoms in total. The Balaban J connectivity index is 3.21. The van der Waals surface area contributed by atoms with E-state index in [1.807, 2.05) is 0 Å². The molecule has 0 aliphatic heterocycles. The molecular weight excluding hydrogens is 191 g/mol. The fourth-order valence-electron chi connectivity index (χ4n) is 0.678. The lowest BCUT2D eigenvalue weighted by atomic mass is 10.2. The van der Waals surface area contributed by atoms with Crippen molar-refractivity contribution in [1.82, 2.24) is 4.98 Å². The van der Waals surface area contributed by atoms with Crippen LogP contribution in [0.1, 0.15) is 17.7 Å². The number of hydrogen-bond donors (Lipinski definition) is 0. The van der Waals surface area contributed by atoms with E-state index in [0.29, 0.717) is 6.07 Å². The van der Waals surface area contributed by atoms with Gasteiger partial charge in [0.05, 0.1) is 0 Å². The zero-order valence-electron chi connectivity index (χ0n) is 6.11. The highest BCUT2D eigenvalue weighted by molar-refractivity contribution is 6.30. The molecule has 1 aromatic rings. The molecule has 5 heteroatoms. The highest BCUT2D eigenvalue weighted by atomic mass is 35.5. The predicted molar refractivity (Wildman–Crippen MR) is 38.9 cm³/mol. The minimum absolute atomic E-state index is 0.0843. The minimum Gasteiger partial charge on any atom is -0.235 e. The van der Waals surface area contributed by atoms with Gasteiger partial charge in [-0.2, -0.15) is 0 Å². The van der Waals surface area contributed by atoms with E-state index in [1.165, 1.54) is 6.92 Å². The van der Waals surface area contributed by atoms with Crippen LogP contribution in [0.25, 0.3) is 0 Å². The van der Waals surface area contributed by atoms with Gasteiger partial charge in [0.25, 0.3) is 6.43 Å². The second kappa shape index (κ2) is 3.31. The molecule has 0 aromatic carbocycles. The van der Waals surface area contributed by atoms with Gasteiger partial charge < -0.3 is 0 Å². The van der Waals surface area contributed by atoms with Gasteiger partial charge in [0, 0.05) is 11.6 Å². The van der Waals surface area contributed by atoms with Crippen molar-refractivity contribution in [3.63, 3.8) is 0 Å². The zero-order valence-corrected chi connectivity index (χ0v) is 6.87. The SMILES string of the molecule is Cc1c(F)cc(C(F)F)nc1Cl. The number of aromatic nitrogens is 1. The van der Waals surface area contributed by atoms with Gasteiger partial charge in [0.2, 0.25) is 0 Å². The summed E-state index contributed by atoms with van der Waals surface area (Å²) in [4.78, 5) is 3.31. The van der Waals surface area contributed by atoms with Crippen molar-refractivity contribution in [1.29, 1.82) is 0 Å². The average molecular weight is 196 g/mol. The van der Waals surface area contributed by atoms with Gasteiger partial charge in [-0.15, -0.1) is 0 Å². The monoisotopic (exact) mass is 195 g/mol. The standard InChI is InChI=1S/C7H5ClF3N/c1-3-4(9)2-5(7(10)11)12-6(3)8/h2,7H,1H3. The first-order valence-corrected chi connectivity index (χ1v) is 3.51. The van der Waals surface area contributed by atoms with Gasteiger partial charge in [0.15, 0.2) is 0 Å². The first kappa shape index (κ1) is 9.32. The molecule has 0 bridgehead atoms. The Kier molecular flexibility index (Phi) is 2.57. The molecule has 0 aliphatic carbocycles. The first-order valence-electron chi connectivity index (χ1n) is 3.13. The third-order valence-corrected chi connectivity index (χ3v) is 1.76. The zero-order chi connectivity index (χ0) is 9.30. The Labute approximate surface area is 72.2 Å². The molecule has 1 aromatic heterocycles. The molecule has 0 saturated carbocycles. The van der Waals surface area contributed by atoms with Crippen molar-refractivity contribution in [3.8, 4) is 0 Å². The molecule has 12 heavy (non-hydrogen) atoms. The molecule has 0 N–H and O–H groups in total. The summed E-state index contributed by atoms with van der Waals surface area (Å²) in [6.45, 7) is 1.37. The van der Waals surface area contributed by atoms with E-state index in [4.69, 9.17) is 11.6 Å². The van der Waals surface area contributed by atoms with Gasteiger partial charge in [-0.1, -0.05) is 11.6 Å². The summed E-state index contributed by atoms with van der Waals surface area (Å²) in [7, 11) is 0. The largest absolute Gasteiger partial charge is 0.280 e. The van der Waals surface area contributed by atoms with E-state index in [2.05, 4.69) is 4.98 Å². The fraction of sp³-hybridized carbons (Fsp3) is 0.286. The lowest BCUT2D eigenvalue weighted by Crippen LogP contribution is -1.95. The first-order chi connectivity index (χ1) is 5.52. The Morgan fingerprint density at radius 3 is 2.50 bits per heavy atom. The third kappa shape index (κ3) is 1.69. The quantitative estimate of drug-likeness (QED) is 0.628. The van der Waals surface area contributed by atoms with Crippen molar-refractivity contribution < 1.29 is 13.2 Å². The molecule has 0 radical (unpaired) electrons. The fourth-order valence-corrected chi connectivity index (χ4v) is 0.866. The predicted octanol–water partition coefficient (Wildman–Crippen LogP) is 3.12. The lowest BCUT2D eigenvalue weighted by Gasteiger charge is -2.02. The molecule has 0 saturated heterocycles. The van der Waals surface area contributed by atoms with Gasteiger partial charge >= 0.3 is 0 Å². The van der Waals surface area contributed by atoms with E-state index in [-0.39, 0.29) is 10.7 Å². The van der Waals surface area contributed by atoms with Crippen molar-refractivity contribution in [2.45, 2.75) is 13.3 Å². The number of alkyl halides is 2. The second-order valence-electron chi connectivity index (χ2n) is 2.25. The summed E-state index contributed by atoms with van der Waals surface area (Å²) in [5.41, 5.74) is -0.552. The van der Waals surface area contributed by atoms with Gasteiger partial charge in [-0.05, 0) is 6.92 Å². The normalized spacial score (nSPS) is 10.8. The van der Waals surface area contributed by atoms with Crippen LogP contribution >= 0.6 is 11.6 Å². The average Bonchev–Trinajstić information content (AvgIpc) is 1.99. The lowest BCUT2D eigenvalue weighted by molar-refractivity contribution is 0.145. The summed E-state index contributed by atoms with van der Waals surface area (Å²) in [6.07, 6.45) is -2.79. The Hall–Kier alpha value is -0.770. The van der Waals surface area contributed by atoms with Gasteiger partial charge in [-0.3, -0.25) is 0 Å². The van der Waals surface area contributed by atoms with Crippen LogP contribution in [0.3, 0.4) is 0 Å². The summed E-state index contributed by atoms with van der Waals surface area (Å²) in [6, 6.07) is 0.686. The van der Waals surface area contributed by atoms with E-state index >= 15 is 0 Å². The number of nitrogens with zero attached hydrogens (tertiary/aromatic N) is 1. The van der Waals surface area contributed by atoms with Crippen LogP contribution in [-0.4, -0.2) is 4.98 Å². The van der Waals surface area contributed by atoms with Gasteiger partial charge in [0.1, 0.15) is 16.7 Å². The van der Waals surface area contributed by atoms with Gasteiger partial charge in [-0.25, -0.2) is 18.2 Å². The van der Waals surface area contributed by atoms with Crippen molar-refractivity contribution in [2.24, 2.45) is 0 Å². The minimum atomic E-state index is -2.79. The number of pyridine rings is 1. The Morgan fingerprint density at radius 2 is 2.08 bits per heavy atom. The van der Waals surface area contributed by atoms with E-state index in [0.717, 1.165) is 0 Å². The maximum Gasteiger partial charge on any atom is 0.280 e. The van der Waals surface area contributed by atoms with Crippen molar-refractivity contribution in [3.05, 3.63) is 28.3 Å². The van der Waals surface area contributed by atoms with Crippen LogP contribution in [0.2, 0.25) is 5.15 Å². The summed E-state index contributed by atoms with van der Waals surface area (Å²) >= 11 is 5.38. The number of halogens is 4. The smallest absolute Gasteiger partial charge is 0.235 e. The molecule has 0 spiro atoms. The van der Waals surface area contributed by atoms with Crippen LogP contribution in [0.15, 0.2) is 6.07 Å². The number of hydrogen-bond acceptors (Lipinski definition) is 1. The molecule has 0 amide bonds. The molecule has 1 rings (SSSR count). The maximum absolute atomic E-state index is 12.7. The maximum atomic E-state index is 12.7. The van der Waals surface area contributed by atoms with Crippen LogP contribution in [0.4, 0.5) is 13.2 Å². The second-order valence-corrected chi connectivity index (χ2v) is 2.60. The van der Waals surface area contributed by atoms with E-state index in [9.17, 15) is 13.2 Å². The highest BCUT2D eigenvalue weighted by Gasteiger charge is 2.13. The van der Waals surface area contributed by atoms with E-state index < -0.39 is 17.9 Å². The molecule has 0 unspecified atom stereocenters. The summed E-state index contributed by atoms with van der Waals surface area (Å²) < 4.78 is 36.7. The van der Waals surface area contributed by atoms with E-state index in [1.54, 1.807) is 0 Å². The van der Waals surface area contributed by atoms with Crippen LogP contribution < -0.4 is 0 Å². The third-order valence-electron chi connectivity index (χ3n) is 1.39. The van der Waals surface area contributed by atoms with Crippen molar-refractivity contribution >= 4 is 11.6 Å². The number of rotatable bonds is 1. The molecule has 66 valence electrons. The molecule has 0 atom stereocenters. The molecule has 1 heterocycles. The molecule has 0 fully saturated rings. The molecule has 0 aliphatic rings.